The van der Waals surface area contributed by atoms with Crippen LogP contribution in [0.5, 0.6) is 0 Å². The Morgan fingerprint density at radius 3 is 2.45 bits per heavy atom. The Labute approximate surface area is 139 Å². The maximum absolute atomic E-state index is 12.4. The Hall–Kier alpha value is -0.810. The summed E-state index contributed by atoms with van der Waals surface area (Å²) in [6.07, 6.45) is 6.59. The van der Waals surface area contributed by atoms with Gasteiger partial charge in [-0.1, -0.05) is 0 Å². The molecule has 1 aliphatic carbocycles. The minimum Gasteiger partial charge on any atom is -0.344 e. The standard InChI is InChI=1S/C16H27N3O2.ClH/c1-12(15(21)19-9-3-2-4-10-19)18-14(20)13-11-16(13)5-7-17-8-6-16;/h12-13,17H,2-11H2,1H3,(H,18,20);1H. The number of hydrogen-bond donors (Lipinski definition) is 2. The predicted molar refractivity (Wildman–Crippen MR) is 87.9 cm³/mol. The molecule has 2 amide bonds. The molecule has 2 atom stereocenters. The first-order valence-electron chi connectivity index (χ1n) is 8.42. The summed E-state index contributed by atoms with van der Waals surface area (Å²) in [6, 6.07) is -0.380. The molecule has 2 N–H and O–H groups in total. The van der Waals surface area contributed by atoms with Crippen LogP contribution in [-0.2, 0) is 9.59 Å². The van der Waals surface area contributed by atoms with Crippen LogP contribution in [0.3, 0.4) is 0 Å². The second-order valence-electron chi connectivity index (χ2n) is 6.99. The lowest BCUT2D eigenvalue weighted by Gasteiger charge is -2.29. The third-order valence-corrected chi connectivity index (χ3v) is 5.50. The minimum absolute atomic E-state index is 0. The molecule has 3 aliphatic rings. The second kappa shape index (κ2) is 7.18. The predicted octanol–water partition coefficient (Wildman–Crippen LogP) is 1.32. The molecule has 126 valence electrons. The van der Waals surface area contributed by atoms with Crippen LogP contribution in [0.25, 0.3) is 0 Å². The Morgan fingerprint density at radius 1 is 1.18 bits per heavy atom. The Kier molecular flexibility index (Phi) is 5.72. The SMILES string of the molecule is CC(NC(=O)C1CC12CCNCC2)C(=O)N1CCCCC1.Cl. The summed E-state index contributed by atoms with van der Waals surface area (Å²) in [5.41, 5.74) is 0.239. The Morgan fingerprint density at radius 2 is 1.82 bits per heavy atom. The highest BCUT2D eigenvalue weighted by Crippen LogP contribution is 2.58. The van der Waals surface area contributed by atoms with Gasteiger partial charge in [0.25, 0.3) is 0 Å². The van der Waals surface area contributed by atoms with E-state index in [2.05, 4.69) is 10.6 Å². The lowest BCUT2D eigenvalue weighted by atomic mass is 9.91. The number of likely N-dealkylation sites (tertiary alicyclic amines) is 1. The maximum atomic E-state index is 12.4. The quantitative estimate of drug-likeness (QED) is 0.821. The zero-order valence-corrected chi connectivity index (χ0v) is 14.2. The minimum atomic E-state index is -0.380. The number of nitrogens with one attached hydrogen (secondary N) is 2. The summed E-state index contributed by atoms with van der Waals surface area (Å²) in [5, 5.41) is 6.31. The molecule has 6 heteroatoms. The van der Waals surface area contributed by atoms with Crippen molar-refractivity contribution in [3.8, 4) is 0 Å². The zero-order valence-electron chi connectivity index (χ0n) is 13.4. The van der Waals surface area contributed by atoms with E-state index in [1.807, 2.05) is 11.8 Å². The fourth-order valence-corrected chi connectivity index (χ4v) is 3.96. The summed E-state index contributed by atoms with van der Waals surface area (Å²) in [7, 11) is 0. The number of carbonyl (C=O) groups is 2. The molecule has 3 rings (SSSR count). The molecule has 2 unspecified atom stereocenters. The molecule has 1 saturated carbocycles. The monoisotopic (exact) mass is 329 g/mol. The van der Waals surface area contributed by atoms with Crippen molar-refractivity contribution >= 4 is 24.2 Å². The lowest BCUT2D eigenvalue weighted by Crippen LogP contribution is -2.49. The Bertz CT molecular complexity index is 418. The highest BCUT2D eigenvalue weighted by Gasteiger charge is 2.57. The third-order valence-electron chi connectivity index (χ3n) is 5.50. The van der Waals surface area contributed by atoms with Crippen LogP contribution in [0.1, 0.15) is 45.4 Å². The molecule has 0 aromatic heterocycles. The number of amides is 2. The van der Waals surface area contributed by atoms with Crippen molar-refractivity contribution < 1.29 is 9.59 Å². The number of carbonyl (C=O) groups excluding carboxylic acids is 2. The van der Waals surface area contributed by atoms with E-state index >= 15 is 0 Å². The summed E-state index contributed by atoms with van der Waals surface area (Å²) >= 11 is 0. The molecule has 5 nitrogen and oxygen atoms in total. The van der Waals surface area contributed by atoms with Crippen LogP contribution in [0.4, 0.5) is 0 Å². The summed E-state index contributed by atoms with van der Waals surface area (Å²) < 4.78 is 0. The average Bonchev–Trinajstić information content (AvgIpc) is 3.21. The number of halogens is 1. The molecule has 0 bridgehead atoms. The molecule has 2 heterocycles. The second-order valence-corrected chi connectivity index (χ2v) is 6.99. The van der Waals surface area contributed by atoms with Gasteiger partial charge in [0.1, 0.15) is 6.04 Å². The fourth-order valence-electron chi connectivity index (χ4n) is 3.96. The van der Waals surface area contributed by atoms with E-state index in [4.69, 9.17) is 0 Å². The molecule has 3 fully saturated rings. The number of nitrogens with zero attached hydrogens (tertiary/aromatic N) is 1. The molecule has 2 saturated heterocycles. The van der Waals surface area contributed by atoms with Crippen LogP contribution in [0, 0.1) is 11.3 Å². The van der Waals surface area contributed by atoms with Crippen LogP contribution in [-0.4, -0.2) is 48.9 Å². The van der Waals surface area contributed by atoms with Crippen LogP contribution >= 0.6 is 12.4 Å². The van der Waals surface area contributed by atoms with Gasteiger partial charge in [-0.05, 0) is 64.0 Å². The van der Waals surface area contributed by atoms with Crippen molar-refractivity contribution in [2.24, 2.45) is 11.3 Å². The average molecular weight is 330 g/mol. The van der Waals surface area contributed by atoms with Crippen LogP contribution < -0.4 is 10.6 Å². The maximum Gasteiger partial charge on any atom is 0.244 e. The first-order chi connectivity index (χ1) is 10.1. The Balaban J connectivity index is 0.00000176. The van der Waals surface area contributed by atoms with E-state index in [0.29, 0.717) is 0 Å². The number of hydrogen-bond acceptors (Lipinski definition) is 3. The van der Waals surface area contributed by atoms with Gasteiger partial charge < -0.3 is 15.5 Å². The van der Waals surface area contributed by atoms with Crippen molar-refractivity contribution in [1.82, 2.24) is 15.5 Å². The smallest absolute Gasteiger partial charge is 0.244 e. The first-order valence-corrected chi connectivity index (χ1v) is 8.42. The van der Waals surface area contributed by atoms with Gasteiger partial charge in [0.2, 0.25) is 11.8 Å². The molecule has 2 aliphatic heterocycles. The van der Waals surface area contributed by atoms with E-state index in [9.17, 15) is 9.59 Å². The summed E-state index contributed by atoms with van der Waals surface area (Å²) in [6.45, 7) is 5.56. The van der Waals surface area contributed by atoms with Crippen molar-refractivity contribution in [1.29, 1.82) is 0 Å². The van der Waals surface area contributed by atoms with E-state index in [0.717, 1.165) is 58.3 Å². The molecule has 0 radical (unpaired) electrons. The van der Waals surface area contributed by atoms with Crippen LogP contribution in [0.2, 0.25) is 0 Å². The topological polar surface area (TPSA) is 61.4 Å². The zero-order chi connectivity index (χ0) is 14.9. The van der Waals surface area contributed by atoms with Gasteiger partial charge in [-0.2, -0.15) is 0 Å². The van der Waals surface area contributed by atoms with Crippen LogP contribution in [0.15, 0.2) is 0 Å². The van der Waals surface area contributed by atoms with Gasteiger partial charge in [-0.3, -0.25) is 9.59 Å². The summed E-state index contributed by atoms with van der Waals surface area (Å²) in [4.78, 5) is 26.6. The van der Waals surface area contributed by atoms with E-state index in [-0.39, 0.29) is 41.6 Å². The third kappa shape index (κ3) is 3.57. The van der Waals surface area contributed by atoms with Crippen molar-refractivity contribution in [2.75, 3.05) is 26.2 Å². The highest BCUT2D eigenvalue weighted by atomic mass is 35.5. The van der Waals surface area contributed by atoms with Gasteiger partial charge in [-0.15, -0.1) is 12.4 Å². The first kappa shape index (κ1) is 17.5. The highest BCUT2D eigenvalue weighted by molar-refractivity contribution is 5.89. The number of piperidine rings is 2. The van der Waals surface area contributed by atoms with E-state index in [1.165, 1.54) is 6.42 Å². The van der Waals surface area contributed by atoms with Gasteiger partial charge in [-0.25, -0.2) is 0 Å². The lowest BCUT2D eigenvalue weighted by molar-refractivity contribution is -0.137. The largest absolute Gasteiger partial charge is 0.344 e. The van der Waals surface area contributed by atoms with Gasteiger partial charge in [0, 0.05) is 19.0 Å². The van der Waals surface area contributed by atoms with Gasteiger partial charge >= 0.3 is 0 Å². The van der Waals surface area contributed by atoms with E-state index < -0.39 is 0 Å². The van der Waals surface area contributed by atoms with Gasteiger partial charge in [0.15, 0.2) is 0 Å². The van der Waals surface area contributed by atoms with Crippen molar-refractivity contribution in [2.45, 2.75) is 51.5 Å². The van der Waals surface area contributed by atoms with Gasteiger partial charge in [0.05, 0.1) is 0 Å². The summed E-state index contributed by atoms with van der Waals surface area (Å²) in [5.74, 6) is 0.314. The van der Waals surface area contributed by atoms with E-state index in [1.54, 1.807) is 0 Å². The normalized spacial score (nSPS) is 27.7. The van der Waals surface area contributed by atoms with Crippen molar-refractivity contribution in [3.63, 3.8) is 0 Å². The molecule has 0 aromatic carbocycles. The molecular formula is C16H28ClN3O2. The molecular weight excluding hydrogens is 302 g/mol. The fraction of sp³-hybridized carbons (Fsp3) is 0.875. The molecule has 1 spiro atoms. The molecule has 22 heavy (non-hydrogen) atoms. The molecule has 0 aromatic rings. The number of rotatable bonds is 3. The van der Waals surface area contributed by atoms with Crippen molar-refractivity contribution in [3.05, 3.63) is 0 Å².